The van der Waals surface area contributed by atoms with E-state index in [1.54, 1.807) is 0 Å². The number of phosphoric ester groups is 2. The summed E-state index contributed by atoms with van der Waals surface area (Å²) in [5.74, 6) is 0.718. The lowest BCUT2D eigenvalue weighted by molar-refractivity contribution is -0.161. The Kier molecular flexibility index (Phi) is 52.0. The largest absolute Gasteiger partial charge is 0.472 e. The number of unbranched alkanes of at least 4 members (excludes halogenated alkanes) is 25. The Bertz CT molecular complexity index is 1650. The highest BCUT2D eigenvalue weighted by Crippen LogP contribution is 2.45. The molecule has 0 aromatic rings. The van der Waals surface area contributed by atoms with Gasteiger partial charge in [0, 0.05) is 25.7 Å². The minimum atomic E-state index is -4.94. The summed E-state index contributed by atoms with van der Waals surface area (Å²) in [5.41, 5.74) is 0. The van der Waals surface area contributed by atoms with Crippen LogP contribution in [-0.4, -0.2) is 96.7 Å². The van der Waals surface area contributed by atoms with E-state index in [1.807, 2.05) is 0 Å². The Hall–Kier alpha value is -1.94. The van der Waals surface area contributed by atoms with Gasteiger partial charge in [-0.3, -0.25) is 37.3 Å². The van der Waals surface area contributed by atoms with E-state index in [4.69, 9.17) is 37.0 Å². The summed E-state index contributed by atoms with van der Waals surface area (Å²) in [5, 5.41) is 10.5. The molecule has 6 atom stereocenters. The highest BCUT2D eigenvalue weighted by Gasteiger charge is 2.30. The normalized spacial score (nSPS) is 14.8. The summed E-state index contributed by atoms with van der Waals surface area (Å²) in [4.78, 5) is 72.1. The van der Waals surface area contributed by atoms with Gasteiger partial charge in [0.05, 0.1) is 26.4 Å². The Balaban J connectivity index is 5.26. The van der Waals surface area contributed by atoms with E-state index in [1.165, 1.54) is 96.3 Å². The van der Waals surface area contributed by atoms with Gasteiger partial charge in [0.1, 0.15) is 19.3 Å². The van der Waals surface area contributed by atoms with Crippen LogP contribution in [-0.2, 0) is 65.4 Å². The van der Waals surface area contributed by atoms with E-state index < -0.39 is 97.5 Å². The Morgan fingerprint density at radius 2 is 0.585 bits per heavy atom. The molecule has 0 aliphatic heterocycles. The number of rotatable bonds is 60. The maximum atomic E-state index is 13.0. The van der Waals surface area contributed by atoms with Crippen molar-refractivity contribution in [2.75, 3.05) is 39.6 Å². The zero-order chi connectivity index (χ0) is 61.1. The summed E-state index contributed by atoms with van der Waals surface area (Å²) in [6.07, 6.45) is 32.3. The lowest BCUT2D eigenvalue weighted by atomic mass is 10.00. The van der Waals surface area contributed by atoms with Crippen LogP contribution in [0.15, 0.2) is 0 Å². The predicted molar refractivity (Wildman–Crippen MR) is 326 cm³/mol. The predicted octanol–water partition coefficient (Wildman–Crippen LogP) is 17.0. The molecule has 4 unspecified atom stereocenters. The summed E-state index contributed by atoms with van der Waals surface area (Å²) < 4.78 is 67.9. The van der Waals surface area contributed by atoms with Gasteiger partial charge < -0.3 is 33.8 Å². The van der Waals surface area contributed by atoms with Crippen molar-refractivity contribution in [1.82, 2.24) is 0 Å². The molecule has 0 aliphatic rings. The summed E-state index contributed by atoms with van der Waals surface area (Å²) in [7, 11) is -9.89. The van der Waals surface area contributed by atoms with Gasteiger partial charge in [0.15, 0.2) is 12.2 Å². The topological polar surface area (TPSA) is 237 Å². The second-order valence-electron chi connectivity index (χ2n) is 24.5. The monoisotopic (exact) mass is 1210 g/mol. The van der Waals surface area contributed by atoms with Crippen LogP contribution in [0.4, 0.5) is 0 Å². The van der Waals surface area contributed by atoms with Crippen molar-refractivity contribution < 1.29 is 80.2 Å². The van der Waals surface area contributed by atoms with Crippen molar-refractivity contribution in [2.24, 2.45) is 23.7 Å². The number of esters is 4. The standard InChI is InChI=1S/C63H122O17P2/c1-9-56(8)42-34-26-20-22-30-38-46-63(68)80-59(50-74-61(66)44-36-28-21-19-25-33-41-55(6)7)52-78-82(71,72)76-48-57(64)47-75-81(69,70)77-51-58(49-73-60(65)43-35-27-17-14-13-16-24-32-40-54(4)5)79-62(67)45-37-29-18-12-10-11-15-23-31-39-53(2)3/h53-59,64H,9-52H2,1-8H3,(H,69,70)(H,71,72)/t56?,57?,58-,59-/m1/s1. The molecular formula is C63H122O17P2. The molecule has 0 aliphatic carbocycles. The van der Waals surface area contributed by atoms with Crippen LogP contribution in [0.5, 0.6) is 0 Å². The van der Waals surface area contributed by atoms with Crippen LogP contribution in [0, 0.1) is 23.7 Å². The van der Waals surface area contributed by atoms with Crippen LogP contribution >= 0.6 is 15.6 Å². The Morgan fingerprint density at radius 1 is 0.341 bits per heavy atom. The summed E-state index contributed by atoms with van der Waals surface area (Å²) in [6.45, 7) is 13.9. The number of hydrogen-bond donors (Lipinski definition) is 3. The van der Waals surface area contributed by atoms with Crippen LogP contribution in [0.2, 0.25) is 0 Å². The van der Waals surface area contributed by atoms with E-state index >= 15 is 0 Å². The van der Waals surface area contributed by atoms with Gasteiger partial charge in [0.25, 0.3) is 0 Å². The fourth-order valence-corrected chi connectivity index (χ4v) is 10.8. The average Bonchev–Trinajstić information content (AvgIpc) is 3.42. The van der Waals surface area contributed by atoms with E-state index in [9.17, 15) is 43.2 Å². The SMILES string of the molecule is CCC(C)CCCCCCCCC(=O)O[C@H](COC(=O)CCCCCCCCC(C)C)COP(=O)(O)OCC(O)COP(=O)(O)OC[C@@H](COC(=O)CCCCCCCCCCC(C)C)OC(=O)CCCCCCCCCCCC(C)C. The van der Waals surface area contributed by atoms with Crippen LogP contribution in [0.1, 0.15) is 299 Å². The number of aliphatic hydroxyl groups excluding tert-OH is 1. The van der Waals surface area contributed by atoms with E-state index in [-0.39, 0.29) is 25.7 Å². The number of carbonyl (C=O) groups is 4. The van der Waals surface area contributed by atoms with Crippen molar-refractivity contribution in [3.8, 4) is 0 Å². The van der Waals surface area contributed by atoms with Crippen molar-refractivity contribution in [3.63, 3.8) is 0 Å². The third-order valence-corrected chi connectivity index (χ3v) is 16.6. The first-order valence-electron chi connectivity index (χ1n) is 32.7. The molecule has 0 rings (SSSR count). The Morgan fingerprint density at radius 3 is 0.866 bits per heavy atom. The van der Waals surface area contributed by atoms with Crippen molar-refractivity contribution in [1.29, 1.82) is 0 Å². The maximum Gasteiger partial charge on any atom is 0.472 e. The molecule has 0 amide bonds. The average molecular weight is 1210 g/mol. The van der Waals surface area contributed by atoms with Crippen LogP contribution in [0.25, 0.3) is 0 Å². The molecule has 0 aromatic carbocycles. The molecule has 19 heteroatoms. The second-order valence-corrected chi connectivity index (χ2v) is 27.4. The van der Waals surface area contributed by atoms with Gasteiger partial charge >= 0.3 is 39.5 Å². The molecule has 0 spiro atoms. The van der Waals surface area contributed by atoms with Gasteiger partial charge in [-0.1, -0.05) is 248 Å². The quantitative estimate of drug-likeness (QED) is 0.0222. The lowest BCUT2D eigenvalue weighted by Crippen LogP contribution is -2.30. The van der Waals surface area contributed by atoms with E-state index in [0.717, 1.165) is 114 Å². The first-order valence-corrected chi connectivity index (χ1v) is 35.7. The van der Waals surface area contributed by atoms with Crippen molar-refractivity contribution >= 4 is 39.5 Å². The molecule has 82 heavy (non-hydrogen) atoms. The number of hydrogen-bond acceptors (Lipinski definition) is 15. The number of carbonyl (C=O) groups excluding carboxylic acids is 4. The molecule has 0 bridgehead atoms. The minimum Gasteiger partial charge on any atom is -0.462 e. The minimum absolute atomic E-state index is 0.101. The van der Waals surface area contributed by atoms with Crippen LogP contribution in [0.3, 0.4) is 0 Å². The third kappa shape index (κ3) is 55.9. The molecule has 0 radical (unpaired) electrons. The highest BCUT2D eigenvalue weighted by atomic mass is 31.2. The Labute approximate surface area is 498 Å². The summed E-state index contributed by atoms with van der Waals surface area (Å²) in [6, 6.07) is 0. The maximum absolute atomic E-state index is 13.0. The number of aliphatic hydroxyl groups is 1. The molecule has 0 saturated heterocycles. The number of ether oxygens (including phenoxy) is 4. The highest BCUT2D eigenvalue weighted by molar-refractivity contribution is 7.47. The fourth-order valence-electron chi connectivity index (χ4n) is 9.22. The molecule has 0 heterocycles. The number of phosphoric acid groups is 2. The molecule has 3 N–H and O–H groups in total. The summed E-state index contributed by atoms with van der Waals surface area (Å²) >= 11 is 0. The fraction of sp³-hybridized carbons (Fsp3) is 0.937. The first kappa shape index (κ1) is 80.1. The molecule has 0 saturated carbocycles. The first-order chi connectivity index (χ1) is 39.1. The van der Waals surface area contributed by atoms with Crippen molar-refractivity contribution in [2.45, 2.75) is 318 Å². The zero-order valence-corrected chi connectivity index (χ0v) is 54.9. The third-order valence-electron chi connectivity index (χ3n) is 14.7. The molecule has 0 aromatic heterocycles. The van der Waals surface area contributed by atoms with Gasteiger partial charge in [0.2, 0.25) is 0 Å². The van der Waals surface area contributed by atoms with Gasteiger partial charge in [-0.05, 0) is 49.4 Å². The van der Waals surface area contributed by atoms with E-state index in [0.29, 0.717) is 31.6 Å². The molecule has 0 fully saturated rings. The van der Waals surface area contributed by atoms with Gasteiger partial charge in [-0.15, -0.1) is 0 Å². The van der Waals surface area contributed by atoms with Crippen LogP contribution < -0.4 is 0 Å². The van der Waals surface area contributed by atoms with Crippen molar-refractivity contribution in [3.05, 3.63) is 0 Å². The van der Waals surface area contributed by atoms with Gasteiger partial charge in [-0.2, -0.15) is 0 Å². The molecular weight excluding hydrogens is 1090 g/mol. The lowest BCUT2D eigenvalue weighted by Gasteiger charge is -2.21. The van der Waals surface area contributed by atoms with E-state index in [2.05, 4.69) is 55.4 Å². The smallest absolute Gasteiger partial charge is 0.462 e. The second kappa shape index (κ2) is 53.3. The molecule has 17 nitrogen and oxygen atoms in total. The van der Waals surface area contributed by atoms with Gasteiger partial charge in [-0.25, -0.2) is 9.13 Å². The molecule has 486 valence electrons. The zero-order valence-electron chi connectivity index (χ0n) is 53.1.